The molecular formula is C39H70O10. The van der Waals surface area contributed by atoms with Crippen LogP contribution in [0, 0.1) is 23.7 Å². The topological polar surface area (TPSA) is 130 Å². The minimum Gasteiger partial charge on any atom is -0.450 e. The summed E-state index contributed by atoms with van der Waals surface area (Å²) in [5, 5.41) is 17.2. The average Bonchev–Trinajstić information content (AvgIpc) is 3.10. The van der Waals surface area contributed by atoms with Gasteiger partial charge in [-0.15, -0.1) is 0 Å². The van der Waals surface area contributed by atoms with Crippen molar-refractivity contribution in [2.75, 3.05) is 26.4 Å². The predicted octanol–water partition coefficient (Wildman–Crippen LogP) is 10.3. The standard InChI is InChI=1S/C20H36O5.C19H34O5/c1-2-3-4-5-6-7-8-9-16-10-12-17(13-11-16)19-23-14-18(15-24-19)25-20(21)22;1-2-3-4-5-6-7-8-15-9-11-16(12-10-15)18-22-13-17(14-23-18)24-19(20)21/h16-19H,2-15H2,1H3,(H,21,22);15-18H,2-14H2,1H3,(H,20,21). The summed E-state index contributed by atoms with van der Waals surface area (Å²) in [6.07, 6.45) is 26.6. The highest BCUT2D eigenvalue weighted by Gasteiger charge is 2.35. The van der Waals surface area contributed by atoms with Crippen molar-refractivity contribution in [3.8, 4) is 0 Å². The summed E-state index contributed by atoms with van der Waals surface area (Å²) in [5.74, 6) is 2.66. The molecule has 2 aliphatic heterocycles. The van der Waals surface area contributed by atoms with E-state index in [1.165, 1.54) is 122 Å². The fourth-order valence-corrected chi connectivity index (χ4v) is 8.07. The lowest BCUT2D eigenvalue weighted by atomic mass is 9.79. The van der Waals surface area contributed by atoms with Gasteiger partial charge >= 0.3 is 12.3 Å². The van der Waals surface area contributed by atoms with E-state index in [1.54, 1.807) is 0 Å². The normalized spacial score (nSPS) is 30.5. The molecule has 4 fully saturated rings. The van der Waals surface area contributed by atoms with Gasteiger partial charge in [-0.1, -0.05) is 110 Å². The Bertz CT molecular complexity index is 839. The second-order valence-corrected chi connectivity index (χ2v) is 15.1. The summed E-state index contributed by atoms with van der Waals surface area (Å²) in [5.41, 5.74) is 0. The van der Waals surface area contributed by atoms with Crippen molar-refractivity contribution < 1.29 is 48.2 Å². The molecule has 0 atom stereocenters. The summed E-state index contributed by atoms with van der Waals surface area (Å²) < 4.78 is 32.2. The van der Waals surface area contributed by atoms with E-state index in [2.05, 4.69) is 18.6 Å². The van der Waals surface area contributed by atoms with E-state index in [0.29, 0.717) is 38.3 Å². The summed E-state index contributed by atoms with van der Waals surface area (Å²) in [6, 6.07) is 0. The molecule has 2 heterocycles. The highest BCUT2D eigenvalue weighted by atomic mass is 16.7. The lowest BCUT2D eigenvalue weighted by Gasteiger charge is -2.37. The number of hydrogen-bond acceptors (Lipinski definition) is 8. The number of carboxylic acid groups (broad SMARTS) is 2. The Hall–Kier alpha value is -1.62. The summed E-state index contributed by atoms with van der Waals surface area (Å²) in [4.78, 5) is 21.0. The molecule has 0 amide bonds. The predicted molar refractivity (Wildman–Crippen MR) is 189 cm³/mol. The largest absolute Gasteiger partial charge is 0.506 e. The molecule has 4 rings (SSSR count). The number of ether oxygens (including phenoxy) is 6. The summed E-state index contributed by atoms with van der Waals surface area (Å²) >= 11 is 0. The Morgan fingerprint density at radius 1 is 0.490 bits per heavy atom. The van der Waals surface area contributed by atoms with E-state index >= 15 is 0 Å². The molecule has 0 aromatic carbocycles. The molecular weight excluding hydrogens is 628 g/mol. The van der Waals surface area contributed by atoms with Gasteiger partial charge in [-0.2, -0.15) is 0 Å². The van der Waals surface area contributed by atoms with Crippen LogP contribution in [0.25, 0.3) is 0 Å². The van der Waals surface area contributed by atoms with Gasteiger partial charge in [0.25, 0.3) is 0 Å². The number of rotatable bonds is 19. The second kappa shape index (κ2) is 25.4. The minimum absolute atomic E-state index is 0.173. The number of carbonyl (C=O) groups is 2. The van der Waals surface area contributed by atoms with Crippen molar-refractivity contribution in [1.82, 2.24) is 0 Å². The van der Waals surface area contributed by atoms with Crippen LogP contribution in [0.4, 0.5) is 9.59 Å². The molecule has 0 spiro atoms. The molecule has 2 saturated heterocycles. The van der Waals surface area contributed by atoms with Gasteiger partial charge in [0, 0.05) is 11.8 Å². The van der Waals surface area contributed by atoms with Crippen LogP contribution in [0.2, 0.25) is 0 Å². The van der Waals surface area contributed by atoms with Crippen LogP contribution in [-0.2, 0) is 28.4 Å². The van der Waals surface area contributed by atoms with Gasteiger partial charge in [0.05, 0.1) is 26.4 Å². The molecule has 2 saturated carbocycles. The van der Waals surface area contributed by atoms with Crippen LogP contribution in [-0.4, -0.2) is 73.7 Å². The van der Waals surface area contributed by atoms with E-state index in [-0.39, 0.29) is 12.6 Å². The molecule has 10 heteroatoms. The van der Waals surface area contributed by atoms with E-state index in [1.807, 2.05) is 0 Å². The van der Waals surface area contributed by atoms with Crippen molar-refractivity contribution in [2.24, 2.45) is 23.7 Å². The maximum atomic E-state index is 10.5. The molecule has 0 aromatic rings. The fraction of sp³-hybridized carbons (Fsp3) is 0.949. The minimum atomic E-state index is -1.26. The third-order valence-electron chi connectivity index (χ3n) is 11.1. The Balaban J connectivity index is 0.000000266. The molecule has 10 nitrogen and oxygen atoms in total. The molecule has 2 aliphatic carbocycles. The molecule has 0 radical (unpaired) electrons. The fourth-order valence-electron chi connectivity index (χ4n) is 8.07. The van der Waals surface area contributed by atoms with Crippen molar-refractivity contribution in [2.45, 2.75) is 186 Å². The Morgan fingerprint density at radius 2 is 0.796 bits per heavy atom. The number of unbranched alkanes of at least 4 members (excludes halogenated alkanes) is 11. The van der Waals surface area contributed by atoms with Gasteiger partial charge in [-0.3, -0.25) is 0 Å². The summed E-state index contributed by atoms with van der Waals surface area (Å²) in [7, 11) is 0. The van der Waals surface area contributed by atoms with Crippen LogP contribution in [0.5, 0.6) is 0 Å². The molecule has 0 unspecified atom stereocenters. The van der Waals surface area contributed by atoms with Gasteiger partial charge in [-0.25, -0.2) is 9.59 Å². The van der Waals surface area contributed by atoms with Crippen LogP contribution in [0.1, 0.15) is 162 Å². The van der Waals surface area contributed by atoms with Crippen molar-refractivity contribution >= 4 is 12.3 Å². The Kier molecular flexibility index (Phi) is 21.6. The zero-order valence-corrected chi connectivity index (χ0v) is 30.9. The zero-order valence-electron chi connectivity index (χ0n) is 30.9. The smallest absolute Gasteiger partial charge is 0.450 e. The highest BCUT2D eigenvalue weighted by molar-refractivity contribution is 5.57. The van der Waals surface area contributed by atoms with Gasteiger partial charge in [0.1, 0.15) is 0 Å². The van der Waals surface area contributed by atoms with Gasteiger partial charge < -0.3 is 38.6 Å². The van der Waals surface area contributed by atoms with Crippen molar-refractivity contribution in [1.29, 1.82) is 0 Å². The third-order valence-corrected chi connectivity index (χ3v) is 11.1. The molecule has 2 N–H and O–H groups in total. The third kappa shape index (κ3) is 17.9. The average molecular weight is 699 g/mol. The van der Waals surface area contributed by atoms with Gasteiger partial charge in [0.2, 0.25) is 0 Å². The summed E-state index contributed by atoms with van der Waals surface area (Å²) in [6.45, 7) is 5.78. The van der Waals surface area contributed by atoms with E-state index in [4.69, 9.17) is 33.9 Å². The quantitative estimate of drug-likeness (QED) is 0.0992. The van der Waals surface area contributed by atoms with Crippen molar-refractivity contribution in [3.05, 3.63) is 0 Å². The maximum Gasteiger partial charge on any atom is 0.506 e. The Morgan fingerprint density at radius 3 is 1.10 bits per heavy atom. The maximum absolute atomic E-state index is 10.5. The first-order valence-electron chi connectivity index (χ1n) is 20.1. The van der Waals surface area contributed by atoms with Crippen LogP contribution >= 0.6 is 0 Å². The lowest BCUT2D eigenvalue weighted by molar-refractivity contribution is -0.243. The van der Waals surface area contributed by atoms with Crippen molar-refractivity contribution in [3.63, 3.8) is 0 Å². The molecule has 0 bridgehead atoms. The lowest BCUT2D eigenvalue weighted by Crippen LogP contribution is -2.42. The zero-order chi connectivity index (χ0) is 35.1. The first-order chi connectivity index (χ1) is 23.9. The van der Waals surface area contributed by atoms with Crippen LogP contribution < -0.4 is 0 Å². The number of hydrogen-bond donors (Lipinski definition) is 2. The van der Waals surface area contributed by atoms with Crippen LogP contribution in [0.3, 0.4) is 0 Å². The second-order valence-electron chi connectivity index (χ2n) is 15.1. The van der Waals surface area contributed by atoms with Gasteiger partial charge in [-0.05, 0) is 63.2 Å². The molecule has 4 aliphatic rings. The highest BCUT2D eigenvalue weighted by Crippen LogP contribution is 2.37. The first-order valence-corrected chi connectivity index (χ1v) is 20.1. The first kappa shape index (κ1) is 41.8. The van der Waals surface area contributed by atoms with E-state index in [0.717, 1.165) is 37.5 Å². The monoisotopic (exact) mass is 698 g/mol. The van der Waals surface area contributed by atoms with E-state index in [9.17, 15) is 9.59 Å². The molecule has 286 valence electrons. The van der Waals surface area contributed by atoms with E-state index < -0.39 is 24.5 Å². The Labute approximate surface area is 296 Å². The van der Waals surface area contributed by atoms with Crippen LogP contribution in [0.15, 0.2) is 0 Å². The SMILES string of the molecule is CCCCCCCCC1CCC(C2OCC(OC(=O)O)CO2)CC1.CCCCCCCCCC1CCC(C2OCC(OC(=O)O)CO2)CC1. The van der Waals surface area contributed by atoms with Gasteiger partial charge in [0.15, 0.2) is 24.8 Å². The molecule has 0 aromatic heterocycles. The molecule has 49 heavy (non-hydrogen) atoms.